The Bertz CT molecular complexity index is 190. The Hall–Kier alpha value is -0.0800. The number of nitrogens with zero attached hydrogens (tertiary/aromatic N) is 1. The minimum absolute atomic E-state index is 0.499. The van der Waals surface area contributed by atoms with E-state index in [1.165, 1.54) is 38.5 Å². The summed E-state index contributed by atoms with van der Waals surface area (Å²) in [4.78, 5) is 2.44. The van der Waals surface area contributed by atoms with E-state index in [9.17, 15) is 0 Å². The van der Waals surface area contributed by atoms with Gasteiger partial charge in [-0.15, -0.1) is 0 Å². The monoisotopic (exact) mass is 196 g/mol. The Morgan fingerprint density at radius 2 is 1.86 bits per heavy atom. The van der Waals surface area contributed by atoms with Gasteiger partial charge in [0.2, 0.25) is 0 Å². The van der Waals surface area contributed by atoms with Gasteiger partial charge in [0.1, 0.15) is 0 Å². The highest BCUT2D eigenvalue weighted by atomic mass is 15.1. The first kappa shape index (κ1) is 10.4. The smallest absolute Gasteiger partial charge is 0.0186 e. The van der Waals surface area contributed by atoms with Gasteiger partial charge in [-0.25, -0.2) is 0 Å². The molecule has 2 saturated carbocycles. The molecule has 2 N–H and O–H groups in total. The average molecular weight is 196 g/mol. The normalized spacial score (nSPS) is 28.3. The third-order valence-electron chi connectivity index (χ3n) is 4.33. The summed E-state index contributed by atoms with van der Waals surface area (Å²) in [6.45, 7) is 0.895. The van der Waals surface area contributed by atoms with Crippen LogP contribution < -0.4 is 5.73 Å². The van der Waals surface area contributed by atoms with E-state index in [-0.39, 0.29) is 0 Å². The molecule has 2 nitrogen and oxygen atoms in total. The van der Waals surface area contributed by atoms with Crippen LogP contribution in [0.25, 0.3) is 0 Å². The van der Waals surface area contributed by atoms with E-state index >= 15 is 0 Å². The van der Waals surface area contributed by atoms with Gasteiger partial charge >= 0.3 is 0 Å². The molecule has 14 heavy (non-hydrogen) atoms. The van der Waals surface area contributed by atoms with Crippen LogP contribution in [0.2, 0.25) is 0 Å². The summed E-state index contributed by atoms with van der Waals surface area (Å²) in [6.07, 6.45) is 8.48. The van der Waals surface area contributed by atoms with Gasteiger partial charge in [-0.05, 0) is 57.7 Å². The molecule has 0 aromatic rings. The summed E-state index contributed by atoms with van der Waals surface area (Å²) in [5.74, 6) is 0.927. The lowest BCUT2D eigenvalue weighted by molar-refractivity contribution is 0.130. The van der Waals surface area contributed by atoms with Gasteiger partial charge in [-0.1, -0.05) is 12.8 Å². The zero-order valence-corrected chi connectivity index (χ0v) is 9.63. The maximum absolute atomic E-state index is 5.95. The predicted molar refractivity (Wildman–Crippen MR) is 60.2 cm³/mol. The molecule has 2 fully saturated rings. The molecular formula is C12H24N2. The van der Waals surface area contributed by atoms with Gasteiger partial charge in [0.15, 0.2) is 0 Å². The number of nitrogens with two attached hydrogens (primary N) is 1. The van der Waals surface area contributed by atoms with E-state index in [0.29, 0.717) is 5.41 Å². The highest BCUT2D eigenvalue weighted by molar-refractivity contribution is 5.05. The Labute approximate surface area is 87.8 Å². The first-order valence-corrected chi connectivity index (χ1v) is 6.06. The Kier molecular flexibility index (Phi) is 2.85. The van der Waals surface area contributed by atoms with Crippen molar-refractivity contribution in [2.45, 2.75) is 44.6 Å². The molecule has 0 heterocycles. The average Bonchev–Trinajstić information content (AvgIpc) is 2.73. The molecule has 2 rings (SSSR count). The summed E-state index contributed by atoms with van der Waals surface area (Å²) < 4.78 is 0. The minimum atomic E-state index is 0.499. The lowest BCUT2D eigenvalue weighted by Crippen LogP contribution is -2.45. The fourth-order valence-corrected chi connectivity index (χ4v) is 3.52. The fourth-order valence-electron chi connectivity index (χ4n) is 3.52. The van der Waals surface area contributed by atoms with Gasteiger partial charge in [-0.3, -0.25) is 0 Å². The zero-order chi connectivity index (χ0) is 10.2. The SMILES string of the molecule is CN(C)C(C1CCCC1)C1(CN)CC1. The molecular weight excluding hydrogens is 172 g/mol. The van der Waals surface area contributed by atoms with Crippen molar-refractivity contribution in [3.63, 3.8) is 0 Å². The van der Waals surface area contributed by atoms with Crippen molar-refractivity contribution in [3.05, 3.63) is 0 Å². The Morgan fingerprint density at radius 1 is 1.29 bits per heavy atom. The van der Waals surface area contributed by atoms with Crippen LogP contribution >= 0.6 is 0 Å². The Morgan fingerprint density at radius 3 is 2.21 bits per heavy atom. The molecule has 0 aliphatic heterocycles. The lowest BCUT2D eigenvalue weighted by atomic mass is 9.83. The largest absolute Gasteiger partial charge is 0.330 e. The quantitative estimate of drug-likeness (QED) is 0.743. The van der Waals surface area contributed by atoms with E-state index in [0.717, 1.165) is 18.5 Å². The van der Waals surface area contributed by atoms with Crippen LogP contribution in [0.3, 0.4) is 0 Å². The van der Waals surface area contributed by atoms with Crippen LogP contribution in [0.1, 0.15) is 38.5 Å². The van der Waals surface area contributed by atoms with Crippen LogP contribution in [0.5, 0.6) is 0 Å². The number of hydrogen-bond donors (Lipinski definition) is 1. The highest BCUT2D eigenvalue weighted by Gasteiger charge is 2.51. The zero-order valence-electron chi connectivity index (χ0n) is 9.63. The molecule has 2 heteroatoms. The Balaban J connectivity index is 2.07. The van der Waals surface area contributed by atoms with E-state index in [2.05, 4.69) is 19.0 Å². The van der Waals surface area contributed by atoms with Crippen molar-refractivity contribution in [1.29, 1.82) is 0 Å². The van der Waals surface area contributed by atoms with Crippen LogP contribution in [-0.2, 0) is 0 Å². The molecule has 0 aromatic carbocycles. The molecule has 0 saturated heterocycles. The molecule has 0 amide bonds. The van der Waals surface area contributed by atoms with Gasteiger partial charge in [0.25, 0.3) is 0 Å². The third kappa shape index (κ3) is 1.70. The third-order valence-corrected chi connectivity index (χ3v) is 4.33. The maximum Gasteiger partial charge on any atom is 0.0186 e. The van der Waals surface area contributed by atoms with E-state index in [1.807, 2.05) is 0 Å². The minimum Gasteiger partial charge on any atom is -0.330 e. The molecule has 0 aromatic heterocycles. The van der Waals surface area contributed by atoms with Crippen molar-refractivity contribution in [2.24, 2.45) is 17.1 Å². The standard InChI is InChI=1S/C12H24N2/c1-14(2)11(10-5-3-4-6-10)12(9-13)7-8-12/h10-11H,3-9,13H2,1-2H3. The van der Waals surface area contributed by atoms with Crippen molar-refractivity contribution >= 4 is 0 Å². The van der Waals surface area contributed by atoms with Crippen LogP contribution in [0.4, 0.5) is 0 Å². The second-order valence-electron chi connectivity index (χ2n) is 5.52. The topological polar surface area (TPSA) is 29.3 Å². The molecule has 2 aliphatic rings. The first-order chi connectivity index (χ1) is 6.69. The van der Waals surface area contributed by atoms with Gasteiger partial charge in [0.05, 0.1) is 0 Å². The van der Waals surface area contributed by atoms with E-state index in [4.69, 9.17) is 5.73 Å². The molecule has 1 atom stereocenters. The second-order valence-corrected chi connectivity index (χ2v) is 5.52. The molecule has 82 valence electrons. The summed E-state index contributed by atoms with van der Waals surface area (Å²) in [6, 6.07) is 0.759. The summed E-state index contributed by atoms with van der Waals surface area (Å²) in [7, 11) is 4.47. The van der Waals surface area contributed by atoms with Crippen LogP contribution in [-0.4, -0.2) is 31.6 Å². The predicted octanol–water partition coefficient (Wildman–Crippen LogP) is 1.85. The van der Waals surface area contributed by atoms with Crippen molar-refractivity contribution in [1.82, 2.24) is 4.90 Å². The first-order valence-electron chi connectivity index (χ1n) is 6.06. The van der Waals surface area contributed by atoms with Crippen molar-refractivity contribution in [2.75, 3.05) is 20.6 Å². The molecule has 0 bridgehead atoms. The van der Waals surface area contributed by atoms with E-state index in [1.54, 1.807) is 0 Å². The summed E-state index contributed by atoms with van der Waals surface area (Å²) >= 11 is 0. The maximum atomic E-state index is 5.95. The molecule has 0 spiro atoms. The van der Waals surface area contributed by atoms with E-state index < -0.39 is 0 Å². The second kappa shape index (κ2) is 3.82. The van der Waals surface area contributed by atoms with Crippen LogP contribution in [0, 0.1) is 11.3 Å². The van der Waals surface area contributed by atoms with Gasteiger partial charge in [-0.2, -0.15) is 0 Å². The lowest BCUT2D eigenvalue weighted by Gasteiger charge is -2.36. The van der Waals surface area contributed by atoms with Crippen molar-refractivity contribution in [3.8, 4) is 0 Å². The van der Waals surface area contributed by atoms with Gasteiger partial charge in [0, 0.05) is 6.04 Å². The van der Waals surface area contributed by atoms with Gasteiger partial charge < -0.3 is 10.6 Å². The fraction of sp³-hybridized carbons (Fsp3) is 1.00. The number of rotatable bonds is 4. The molecule has 1 unspecified atom stereocenters. The summed E-state index contributed by atoms with van der Waals surface area (Å²) in [5.41, 5.74) is 6.45. The van der Waals surface area contributed by atoms with Crippen molar-refractivity contribution < 1.29 is 0 Å². The number of hydrogen-bond acceptors (Lipinski definition) is 2. The van der Waals surface area contributed by atoms with Crippen LogP contribution in [0.15, 0.2) is 0 Å². The highest BCUT2D eigenvalue weighted by Crippen LogP contribution is 2.53. The molecule has 2 aliphatic carbocycles. The summed E-state index contributed by atoms with van der Waals surface area (Å²) in [5, 5.41) is 0. The molecule has 0 radical (unpaired) electrons.